The highest BCUT2D eigenvalue weighted by Gasteiger charge is 2.17. The van der Waals surface area contributed by atoms with Gasteiger partial charge in [-0.1, -0.05) is 32.9 Å². The van der Waals surface area contributed by atoms with Crippen molar-refractivity contribution < 1.29 is 9.47 Å². The first-order valence-corrected chi connectivity index (χ1v) is 6.32. The molecule has 0 aliphatic rings. The molecular weight excluding hydrogens is 212 g/mol. The monoisotopic (exact) mass is 236 g/mol. The van der Waals surface area contributed by atoms with Gasteiger partial charge in [-0.3, -0.25) is 0 Å². The molecule has 2 heteroatoms. The second kappa shape index (κ2) is 6.65. The molecular formula is C15H24O2. The van der Waals surface area contributed by atoms with E-state index in [4.69, 9.17) is 9.47 Å². The van der Waals surface area contributed by atoms with E-state index in [1.54, 1.807) is 7.11 Å². The van der Waals surface area contributed by atoms with E-state index in [2.05, 4.69) is 45.0 Å². The van der Waals surface area contributed by atoms with Crippen molar-refractivity contribution in [2.24, 2.45) is 0 Å². The first-order chi connectivity index (χ1) is 8.10. The van der Waals surface area contributed by atoms with Gasteiger partial charge in [0.25, 0.3) is 0 Å². The van der Waals surface area contributed by atoms with Gasteiger partial charge in [0.15, 0.2) is 0 Å². The van der Waals surface area contributed by atoms with E-state index in [1.165, 1.54) is 5.56 Å². The van der Waals surface area contributed by atoms with Crippen molar-refractivity contribution in [2.75, 3.05) is 20.3 Å². The highest BCUT2D eigenvalue weighted by Crippen LogP contribution is 2.27. The second-order valence-corrected chi connectivity index (χ2v) is 4.96. The second-order valence-electron chi connectivity index (χ2n) is 4.96. The van der Waals surface area contributed by atoms with Crippen molar-refractivity contribution in [1.29, 1.82) is 0 Å². The number of benzene rings is 1. The van der Waals surface area contributed by atoms with Crippen molar-refractivity contribution in [3.63, 3.8) is 0 Å². The molecule has 0 spiro atoms. The van der Waals surface area contributed by atoms with Crippen LogP contribution in [-0.2, 0) is 10.2 Å². The molecule has 0 bridgehead atoms. The van der Waals surface area contributed by atoms with Gasteiger partial charge in [0.05, 0.1) is 6.61 Å². The maximum absolute atomic E-state index is 5.63. The average Bonchev–Trinajstić information content (AvgIpc) is 2.35. The lowest BCUT2D eigenvalue weighted by molar-refractivity contribution is 0.172. The highest BCUT2D eigenvalue weighted by molar-refractivity contribution is 5.31. The molecule has 1 aromatic carbocycles. The Bertz CT molecular complexity index is 314. The molecule has 0 atom stereocenters. The zero-order chi connectivity index (χ0) is 12.7. The van der Waals surface area contributed by atoms with Crippen LogP contribution in [0.25, 0.3) is 0 Å². The van der Waals surface area contributed by atoms with Crippen molar-refractivity contribution in [2.45, 2.75) is 39.0 Å². The summed E-state index contributed by atoms with van der Waals surface area (Å²) in [5.74, 6) is 0.941. The molecule has 0 unspecified atom stereocenters. The van der Waals surface area contributed by atoms with Gasteiger partial charge in [0.2, 0.25) is 0 Å². The van der Waals surface area contributed by atoms with Gasteiger partial charge < -0.3 is 9.47 Å². The summed E-state index contributed by atoms with van der Waals surface area (Å²) in [6.45, 7) is 8.21. The molecule has 0 aliphatic heterocycles. The third-order valence-corrected chi connectivity index (χ3v) is 3.28. The van der Waals surface area contributed by atoms with Crippen LogP contribution in [0.1, 0.15) is 39.2 Å². The molecule has 0 aliphatic carbocycles. The Hall–Kier alpha value is -1.02. The summed E-state index contributed by atoms with van der Waals surface area (Å²) >= 11 is 0. The van der Waals surface area contributed by atoms with E-state index in [9.17, 15) is 0 Å². The number of methoxy groups -OCH3 is 1. The summed E-state index contributed by atoms with van der Waals surface area (Å²) in [7, 11) is 1.71. The first-order valence-electron chi connectivity index (χ1n) is 6.32. The number of rotatable bonds is 7. The molecule has 17 heavy (non-hydrogen) atoms. The van der Waals surface area contributed by atoms with Crippen LogP contribution in [0.5, 0.6) is 5.75 Å². The molecule has 0 saturated heterocycles. The van der Waals surface area contributed by atoms with Crippen molar-refractivity contribution in [1.82, 2.24) is 0 Å². The largest absolute Gasteiger partial charge is 0.494 e. The number of ether oxygens (including phenoxy) is 2. The molecule has 0 radical (unpaired) electrons. The molecule has 1 rings (SSSR count). The maximum atomic E-state index is 5.63. The zero-order valence-electron chi connectivity index (χ0n) is 11.5. The lowest BCUT2D eigenvalue weighted by atomic mass is 9.82. The van der Waals surface area contributed by atoms with Crippen LogP contribution in [0.2, 0.25) is 0 Å². The minimum atomic E-state index is 0.245. The molecule has 0 aromatic heterocycles. The van der Waals surface area contributed by atoms with E-state index in [1.807, 2.05) is 0 Å². The lowest BCUT2D eigenvalue weighted by Gasteiger charge is -2.23. The third kappa shape index (κ3) is 4.39. The van der Waals surface area contributed by atoms with Gasteiger partial charge >= 0.3 is 0 Å². The molecule has 0 amide bonds. The highest BCUT2D eigenvalue weighted by atomic mass is 16.5. The lowest BCUT2D eigenvalue weighted by Crippen LogP contribution is -2.15. The average molecular weight is 236 g/mol. The molecule has 2 nitrogen and oxygen atoms in total. The van der Waals surface area contributed by atoms with Crippen molar-refractivity contribution >= 4 is 0 Å². The normalized spacial score (nSPS) is 11.5. The third-order valence-electron chi connectivity index (χ3n) is 3.28. The smallest absolute Gasteiger partial charge is 0.119 e. The van der Waals surface area contributed by atoms with Crippen LogP contribution in [0, 0.1) is 0 Å². The van der Waals surface area contributed by atoms with Crippen LogP contribution in [0.15, 0.2) is 24.3 Å². The molecule has 0 fully saturated rings. The summed E-state index contributed by atoms with van der Waals surface area (Å²) < 4.78 is 10.6. The Balaban J connectivity index is 2.50. The Morgan fingerprint density at radius 2 is 1.71 bits per heavy atom. The van der Waals surface area contributed by atoms with Gasteiger partial charge in [-0.25, -0.2) is 0 Å². The van der Waals surface area contributed by atoms with Crippen LogP contribution >= 0.6 is 0 Å². The Kier molecular flexibility index (Phi) is 5.49. The molecule has 96 valence electrons. The standard InChI is InChI=1S/C15H24O2/c1-5-15(2,3)13-7-9-14(10-8-13)17-12-6-11-16-4/h7-10H,5-6,11-12H2,1-4H3. The van der Waals surface area contributed by atoms with Crippen molar-refractivity contribution in [3.05, 3.63) is 29.8 Å². The first kappa shape index (κ1) is 14.0. The van der Waals surface area contributed by atoms with Crippen LogP contribution in [0.4, 0.5) is 0 Å². The fourth-order valence-electron chi connectivity index (χ4n) is 1.60. The van der Waals surface area contributed by atoms with Crippen LogP contribution in [0.3, 0.4) is 0 Å². The minimum absolute atomic E-state index is 0.245. The minimum Gasteiger partial charge on any atom is -0.494 e. The quantitative estimate of drug-likeness (QED) is 0.671. The predicted octanol–water partition coefficient (Wildman–Crippen LogP) is 3.79. The molecule has 0 saturated carbocycles. The van der Waals surface area contributed by atoms with Gasteiger partial charge in [-0.15, -0.1) is 0 Å². The summed E-state index contributed by atoms with van der Waals surface area (Å²) in [6, 6.07) is 8.43. The van der Waals surface area contributed by atoms with E-state index in [-0.39, 0.29) is 5.41 Å². The SMILES string of the molecule is CCC(C)(C)c1ccc(OCCCOC)cc1. The Labute approximate surface area is 105 Å². The number of hydrogen-bond acceptors (Lipinski definition) is 2. The maximum Gasteiger partial charge on any atom is 0.119 e. The zero-order valence-corrected chi connectivity index (χ0v) is 11.5. The summed E-state index contributed by atoms with van der Waals surface area (Å²) in [6.07, 6.45) is 2.07. The molecule has 1 aromatic rings. The van der Waals surface area contributed by atoms with Crippen LogP contribution < -0.4 is 4.74 Å². The summed E-state index contributed by atoms with van der Waals surface area (Å²) in [5, 5.41) is 0. The topological polar surface area (TPSA) is 18.5 Å². The van der Waals surface area contributed by atoms with E-state index < -0.39 is 0 Å². The van der Waals surface area contributed by atoms with E-state index >= 15 is 0 Å². The van der Waals surface area contributed by atoms with Gasteiger partial charge in [0.1, 0.15) is 5.75 Å². The fourth-order valence-corrected chi connectivity index (χ4v) is 1.60. The van der Waals surface area contributed by atoms with E-state index in [0.29, 0.717) is 6.61 Å². The van der Waals surface area contributed by atoms with Gasteiger partial charge in [-0.2, -0.15) is 0 Å². The van der Waals surface area contributed by atoms with Gasteiger partial charge in [-0.05, 0) is 29.5 Å². The Morgan fingerprint density at radius 1 is 1.06 bits per heavy atom. The van der Waals surface area contributed by atoms with Gasteiger partial charge in [0, 0.05) is 20.1 Å². The molecule has 0 heterocycles. The molecule has 0 N–H and O–H groups in total. The fraction of sp³-hybridized carbons (Fsp3) is 0.600. The van der Waals surface area contributed by atoms with Crippen LogP contribution in [-0.4, -0.2) is 20.3 Å². The van der Waals surface area contributed by atoms with Crippen molar-refractivity contribution in [3.8, 4) is 5.75 Å². The summed E-state index contributed by atoms with van der Waals surface area (Å²) in [5.41, 5.74) is 1.61. The van der Waals surface area contributed by atoms with E-state index in [0.717, 1.165) is 25.2 Å². The Morgan fingerprint density at radius 3 is 2.24 bits per heavy atom. The predicted molar refractivity (Wildman–Crippen MR) is 71.7 cm³/mol. The number of hydrogen-bond donors (Lipinski definition) is 0. The summed E-state index contributed by atoms with van der Waals surface area (Å²) in [4.78, 5) is 0.